The van der Waals surface area contributed by atoms with Crippen molar-refractivity contribution in [3.63, 3.8) is 0 Å². The lowest BCUT2D eigenvalue weighted by Crippen LogP contribution is -2.05. The van der Waals surface area contributed by atoms with Crippen LogP contribution in [0.4, 0.5) is 0 Å². The number of hydrogen-bond donors (Lipinski definition) is 0. The van der Waals surface area contributed by atoms with E-state index in [0.29, 0.717) is 0 Å². The molecule has 0 radical (unpaired) electrons. The molecule has 0 saturated carbocycles. The van der Waals surface area contributed by atoms with Gasteiger partial charge in [-0.3, -0.25) is 0 Å². The summed E-state index contributed by atoms with van der Waals surface area (Å²) in [5.41, 5.74) is 7.11. The van der Waals surface area contributed by atoms with Crippen molar-refractivity contribution >= 4 is 68.0 Å². The van der Waals surface area contributed by atoms with Gasteiger partial charge in [0.25, 0.3) is 0 Å². The molecule has 46 heavy (non-hydrogen) atoms. The molecule has 1 atom stereocenters. The van der Waals surface area contributed by atoms with Gasteiger partial charge >= 0.3 is 0 Å². The van der Waals surface area contributed by atoms with Crippen LogP contribution in [-0.4, -0.2) is 0 Å². The molecule has 0 aliphatic rings. The van der Waals surface area contributed by atoms with E-state index in [2.05, 4.69) is 88.6 Å². The minimum atomic E-state index is 0.800. The Morgan fingerprint density at radius 1 is 0.435 bits per heavy atom. The first kappa shape index (κ1) is 34.1. The lowest BCUT2D eigenvalue weighted by atomic mass is 9.88. The number of hydrogen-bond acceptors (Lipinski definition) is 6. The van der Waals surface area contributed by atoms with Gasteiger partial charge in [0.15, 0.2) is 0 Å². The van der Waals surface area contributed by atoms with Crippen LogP contribution < -0.4 is 0 Å². The minimum absolute atomic E-state index is 0.800. The Morgan fingerprint density at radius 3 is 1.52 bits per heavy atom. The lowest BCUT2D eigenvalue weighted by molar-refractivity contribution is 0.403. The van der Waals surface area contributed by atoms with Crippen LogP contribution in [0.5, 0.6) is 0 Å². The summed E-state index contributed by atoms with van der Waals surface area (Å²) in [6.07, 6.45) is 17.8. The molecule has 0 bridgehead atoms. The van der Waals surface area contributed by atoms with Crippen LogP contribution in [0.2, 0.25) is 0 Å². The maximum atomic E-state index is 2.44. The molecule has 0 spiro atoms. The maximum Gasteiger partial charge on any atom is 0.0532 e. The molecule has 6 aromatic rings. The van der Waals surface area contributed by atoms with Crippen molar-refractivity contribution < 1.29 is 0 Å². The van der Waals surface area contributed by atoms with E-state index in [9.17, 15) is 0 Å². The topological polar surface area (TPSA) is 0 Å². The summed E-state index contributed by atoms with van der Waals surface area (Å²) in [6, 6.07) is 16.2. The molecule has 0 N–H and O–H groups in total. The van der Waals surface area contributed by atoms with Crippen LogP contribution in [0, 0.1) is 5.92 Å². The van der Waals surface area contributed by atoms with Crippen molar-refractivity contribution in [3.8, 4) is 51.5 Å². The van der Waals surface area contributed by atoms with E-state index in [1.807, 2.05) is 68.0 Å². The molecular formula is C40H46S6. The third-order valence-corrected chi connectivity index (χ3v) is 14.9. The fraction of sp³-hybridized carbons (Fsp3) is 0.400. The van der Waals surface area contributed by atoms with Crippen molar-refractivity contribution in [2.45, 2.75) is 97.3 Å². The molecule has 0 aromatic carbocycles. The van der Waals surface area contributed by atoms with Gasteiger partial charge in [0.05, 0.1) is 4.88 Å². The predicted octanol–water partition coefficient (Wildman–Crippen LogP) is 16.3. The molecule has 0 fully saturated rings. The van der Waals surface area contributed by atoms with Gasteiger partial charge in [0, 0.05) is 46.6 Å². The normalized spacial score (nSPS) is 12.3. The van der Waals surface area contributed by atoms with Crippen molar-refractivity contribution in [1.29, 1.82) is 0 Å². The summed E-state index contributed by atoms with van der Waals surface area (Å²) in [5, 5.41) is 13.7. The van der Waals surface area contributed by atoms with Gasteiger partial charge in [-0.25, -0.2) is 0 Å². The first-order valence-corrected chi connectivity index (χ1v) is 22.5. The second-order valence-electron chi connectivity index (χ2n) is 12.4. The molecule has 0 nitrogen and oxygen atoms in total. The van der Waals surface area contributed by atoms with E-state index >= 15 is 0 Å². The van der Waals surface area contributed by atoms with E-state index in [4.69, 9.17) is 0 Å². The molecule has 0 saturated heterocycles. The Morgan fingerprint density at radius 2 is 0.913 bits per heavy atom. The zero-order chi connectivity index (χ0) is 31.6. The highest BCUT2D eigenvalue weighted by atomic mass is 32.1. The summed E-state index contributed by atoms with van der Waals surface area (Å²) in [5.74, 6) is 0.800. The number of unbranched alkanes of at least 4 members (excludes halogenated alkanes) is 8. The Kier molecular flexibility index (Phi) is 13.0. The first-order chi connectivity index (χ1) is 22.8. The van der Waals surface area contributed by atoms with E-state index < -0.39 is 0 Å². The van der Waals surface area contributed by atoms with Gasteiger partial charge in [-0.1, -0.05) is 97.0 Å². The fourth-order valence-corrected chi connectivity index (χ4v) is 12.5. The number of thiophene rings is 6. The lowest BCUT2D eigenvalue weighted by Gasteiger charge is -2.18. The average Bonchev–Trinajstić information content (AvgIpc) is 3.91. The molecule has 6 heteroatoms. The second-order valence-corrected chi connectivity index (χ2v) is 17.9. The molecule has 6 rings (SSSR count). The molecule has 242 valence electrons. The number of rotatable bonds is 19. The highest BCUT2D eigenvalue weighted by Gasteiger charge is 2.23. The van der Waals surface area contributed by atoms with Gasteiger partial charge in [0.2, 0.25) is 0 Å². The fourth-order valence-electron chi connectivity index (χ4n) is 6.63. The highest BCUT2D eigenvalue weighted by Crippen LogP contribution is 2.51. The van der Waals surface area contributed by atoms with E-state index in [1.165, 1.54) is 135 Å². The predicted molar refractivity (Wildman–Crippen MR) is 215 cm³/mol. The average molecular weight is 719 g/mol. The highest BCUT2D eigenvalue weighted by molar-refractivity contribution is 7.22. The molecule has 1 unspecified atom stereocenters. The molecule has 0 amide bonds. The SMILES string of the molecule is CCCCCCCCC(CCCCCC)Cc1ccsc1-c1sccc1-c1sccc1-c1sccc1-c1sccc1-c1cccs1. The van der Waals surface area contributed by atoms with E-state index in [1.54, 1.807) is 5.56 Å². The van der Waals surface area contributed by atoms with Crippen LogP contribution in [0.15, 0.2) is 74.7 Å². The molecule has 6 heterocycles. The molecule has 6 aromatic heterocycles. The summed E-state index contributed by atoms with van der Waals surface area (Å²) in [7, 11) is 0. The summed E-state index contributed by atoms with van der Waals surface area (Å²) < 4.78 is 0. The Bertz CT molecular complexity index is 1720. The Labute approximate surface area is 300 Å². The van der Waals surface area contributed by atoms with Crippen molar-refractivity contribution in [2.24, 2.45) is 5.92 Å². The molecule has 0 aliphatic carbocycles. The first-order valence-electron chi connectivity index (χ1n) is 17.2. The minimum Gasteiger partial charge on any atom is -0.144 e. The smallest absolute Gasteiger partial charge is 0.0532 e. The summed E-state index contributed by atoms with van der Waals surface area (Å²) >= 11 is 11.4. The third-order valence-electron chi connectivity index (χ3n) is 9.07. The van der Waals surface area contributed by atoms with Gasteiger partial charge in [-0.15, -0.1) is 68.0 Å². The second kappa shape index (κ2) is 17.6. The summed E-state index contributed by atoms with van der Waals surface area (Å²) in [4.78, 5) is 8.52. The largest absolute Gasteiger partial charge is 0.144 e. The van der Waals surface area contributed by atoms with Gasteiger partial charge in [0.1, 0.15) is 0 Å². The van der Waals surface area contributed by atoms with Crippen LogP contribution in [0.25, 0.3) is 51.5 Å². The Balaban J connectivity index is 1.24. The van der Waals surface area contributed by atoms with E-state index in [0.717, 1.165) is 5.92 Å². The zero-order valence-electron chi connectivity index (χ0n) is 27.2. The van der Waals surface area contributed by atoms with Gasteiger partial charge in [-0.2, -0.15) is 0 Å². The van der Waals surface area contributed by atoms with Crippen LogP contribution in [0.1, 0.15) is 96.5 Å². The van der Waals surface area contributed by atoms with Crippen molar-refractivity contribution in [1.82, 2.24) is 0 Å². The van der Waals surface area contributed by atoms with Crippen LogP contribution >= 0.6 is 68.0 Å². The standard InChI is InChI=1S/C40H46S6/c1-3-5-7-9-10-12-15-29(14-11-8-6-4-2)28-30-17-23-42-36(30)40-34(21-27-46-40)39-33(20-26-45-39)38-32(19-25-44-38)37-31(18-24-43-37)35-16-13-22-41-35/h13,16-27,29H,3-12,14-15,28H2,1-2H3. The zero-order valence-corrected chi connectivity index (χ0v) is 32.1. The molecule has 0 aliphatic heterocycles. The molecular weight excluding hydrogens is 673 g/mol. The van der Waals surface area contributed by atoms with Gasteiger partial charge in [-0.05, 0) is 86.6 Å². The van der Waals surface area contributed by atoms with Crippen LogP contribution in [0.3, 0.4) is 0 Å². The monoisotopic (exact) mass is 718 g/mol. The summed E-state index contributed by atoms with van der Waals surface area (Å²) in [6.45, 7) is 4.64. The third kappa shape index (κ3) is 8.25. The van der Waals surface area contributed by atoms with Crippen LogP contribution in [-0.2, 0) is 6.42 Å². The van der Waals surface area contributed by atoms with Crippen molar-refractivity contribution in [3.05, 3.63) is 80.3 Å². The Hall–Kier alpha value is -1.80. The van der Waals surface area contributed by atoms with Gasteiger partial charge < -0.3 is 0 Å². The maximum absolute atomic E-state index is 2.44. The van der Waals surface area contributed by atoms with E-state index in [-0.39, 0.29) is 0 Å². The quantitative estimate of drug-likeness (QED) is 0.0732. The van der Waals surface area contributed by atoms with Crippen molar-refractivity contribution in [2.75, 3.05) is 0 Å².